The third-order valence-corrected chi connectivity index (χ3v) is 1.89. The van der Waals surface area contributed by atoms with E-state index in [0.717, 1.165) is 0 Å². The number of ether oxygens (including phenoxy) is 1. The number of rotatable bonds is 4. The molecule has 0 aromatic carbocycles. The van der Waals surface area contributed by atoms with Crippen LogP contribution < -0.4 is 10.1 Å². The molecule has 1 N–H and O–H groups in total. The second kappa shape index (κ2) is 6.07. The van der Waals surface area contributed by atoms with Gasteiger partial charge < -0.3 is 10.1 Å². The highest BCUT2D eigenvalue weighted by molar-refractivity contribution is 6.28. The normalized spacial score (nSPS) is 10.4. The van der Waals surface area contributed by atoms with Gasteiger partial charge >= 0.3 is 0 Å². The summed E-state index contributed by atoms with van der Waals surface area (Å²) in [5, 5.41) is 2.77. The first-order chi connectivity index (χ1) is 7.63. The molecule has 0 aliphatic heterocycles. The van der Waals surface area contributed by atoms with E-state index in [1.807, 2.05) is 0 Å². The maximum atomic E-state index is 10.6. The van der Waals surface area contributed by atoms with Crippen LogP contribution in [0.5, 0.6) is 5.88 Å². The molecule has 0 spiro atoms. The van der Waals surface area contributed by atoms with Crippen LogP contribution in [-0.2, 0) is 4.79 Å². The van der Waals surface area contributed by atoms with E-state index in [0.29, 0.717) is 18.0 Å². The van der Waals surface area contributed by atoms with Crippen molar-refractivity contribution in [2.24, 2.45) is 0 Å². The fraction of sp³-hybridized carbons (Fsp3) is 0.300. The summed E-state index contributed by atoms with van der Waals surface area (Å²) in [4.78, 5) is 18.3. The van der Waals surface area contributed by atoms with Gasteiger partial charge in [-0.05, 0) is 11.6 Å². The molecule has 1 rings (SSSR count). The average molecular weight is 242 g/mol. The SMILES string of the molecule is COc1nc(Cl)ncc1C=CCNC(C)=O. The standard InChI is InChI=1S/C10H12ClN3O2/c1-7(15)12-5-3-4-8-6-13-10(11)14-9(8)16-2/h3-4,6H,5H2,1-2H3,(H,12,15). The molecule has 1 aromatic heterocycles. The van der Waals surface area contributed by atoms with Gasteiger partial charge in [0.05, 0.1) is 12.7 Å². The Morgan fingerprint density at radius 3 is 3.06 bits per heavy atom. The molecule has 0 bridgehead atoms. The summed E-state index contributed by atoms with van der Waals surface area (Å²) in [6.07, 6.45) is 5.08. The minimum atomic E-state index is -0.0797. The molecular formula is C10H12ClN3O2. The van der Waals surface area contributed by atoms with E-state index in [2.05, 4.69) is 15.3 Å². The first kappa shape index (κ1) is 12.4. The van der Waals surface area contributed by atoms with E-state index in [4.69, 9.17) is 16.3 Å². The van der Waals surface area contributed by atoms with E-state index >= 15 is 0 Å². The van der Waals surface area contributed by atoms with Gasteiger partial charge in [-0.1, -0.05) is 12.2 Å². The van der Waals surface area contributed by atoms with E-state index in [9.17, 15) is 4.79 Å². The molecule has 0 saturated carbocycles. The number of halogens is 1. The molecule has 0 unspecified atom stereocenters. The number of carbonyl (C=O) groups is 1. The Kier molecular flexibility index (Phi) is 4.72. The lowest BCUT2D eigenvalue weighted by Gasteiger charge is -2.02. The zero-order valence-corrected chi connectivity index (χ0v) is 9.78. The van der Waals surface area contributed by atoms with Crippen LogP contribution in [0.15, 0.2) is 12.3 Å². The molecule has 0 atom stereocenters. The number of nitrogens with zero attached hydrogens (tertiary/aromatic N) is 2. The number of nitrogens with one attached hydrogen (secondary N) is 1. The van der Waals surface area contributed by atoms with Gasteiger partial charge in [0, 0.05) is 19.7 Å². The molecule has 0 saturated heterocycles. The Labute approximate surface area is 98.5 Å². The summed E-state index contributed by atoms with van der Waals surface area (Å²) in [5.74, 6) is 0.322. The number of hydrogen-bond donors (Lipinski definition) is 1. The maximum absolute atomic E-state index is 10.6. The molecule has 1 amide bonds. The molecule has 0 aliphatic rings. The molecule has 0 radical (unpaired) electrons. The van der Waals surface area contributed by atoms with Crippen LogP contribution in [0.3, 0.4) is 0 Å². The van der Waals surface area contributed by atoms with Crippen LogP contribution in [0, 0.1) is 0 Å². The van der Waals surface area contributed by atoms with Gasteiger partial charge in [0.1, 0.15) is 0 Å². The van der Waals surface area contributed by atoms with Crippen molar-refractivity contribution >= 4 is 23.6 Å². The van der Waals surface area contributed by atoms with E-state index in [1.165, 1.54) is 14.0 Å². The Morgan fingerprint density at radius 1 is 1.69 bits per heavy atom. The van der Waals surface area contributed by atoms with E-state index in [-0.39, 0.29) is 11.2 Å². The fourth-order valence-corrected chi connectivity index (χ4v) is 1.15. The number of aromatic nitrogens is 2. The molecular weight excluding hydrogens is 230 g/mol. The molecule has 5 nitrogen and oxygen atoms in total. The predicted molar refractivity (Wildman–Crippen MR) is 61.3 cm³/mol. The summed E-state index contributed by atoms with van der Waals surface area (Å²) in [6, 6.07) is 0. The zero-order chi connectivity index (χ0) is 12.0. The third kappa shape index (κ3) is 3.86. The summed E-state index contributed by atoms with van der Waals surface area (Å²) in [7, 11) is 1.50. The van der Waals surface area contributed by atoms with Crippen molar-refractivity contribution < 1.29 is 9.53 Å². The lowest BCUT2D eigenvalue weighted by molar-refractivity contribution is -0.118. The van der Waals surface area contributed by atoms with E-state index < -0.39 is 0 Å². The summed E-state index contributed by atoms with van der Waals surface area (Å²) >= 11 is 5.62. The van der Waals surface area contributed by atoms with Crippen LogP contribution in [0.1, 0.15) is 12.5 Å². The Hall–Kier alpha value is -1.62. The minimum absolute atomic E-state index is 0.0797. The third-order valence-electron chi connectivity index (χ3n) is 1.71. The lowest BCUT2D eigenvalue weighted by Crippen LogP contribution is -2.19. The van der Waals surface area contributed by atoms with Crippen molar-refractivity contribution in [1.29, 1.82) is 0 Å². The predicted octanol–water partition coefficient (Wildman–Crippen LogP) is 1.29. The van der Waals surface area contributed by atoms with E-state index in [1.54, 1.807) is 18.3 Å². The Balaban J connectivity index is 2.69. The van der Waals surface area contributed by atoms with Crippen LogP contribution in [0.25, 0.3) is 6.08 Å². The number of hydrogen-bond acceptors (Lipinski definition) is 4. The van der Waals surface area contributed by atoms with Crippen molar-refractivity contribution in [3.05, 3.63) is 23.1 Å². The van der Waals surface area contributed by atoms with Crippen LogP contribution in [0.2, 0.25) is 5.28 Å². The minimum Gasteiger partial charge on any atom is -0.480 e. The smallest absolute Gasteiger partial charge is 0.225 e. The highest BCUT2D eigenvalue weighted by atomic mass is 35.5. The van der Waals surface area contributed by atoms with Crippen molar-refractivity contribution in [1.82, 2.24) is 15.3 Å². The molecule has 16 heavy (non-hydrogen) atoms. The van der Waals surface area contributed by atoms with Crippen LogP contribution in [0.4, 0.5) is 0 Å². The van der Waals surface area contributed by atoms with Gasteiger partial charge in [-0.25, -0.2) is 4.98 Å². The first-order valence-corrected chi connectivity index (χ1v) is 4.98. The van der Waals surface area contributed by atoms with Crippen molar-refractivity contribution in [2.45, 2.75) is 6.92 Å². The quantitative estimate of drug-likeness (QED) is 0.807. The second-order valence-electron chi connectivity index (χ2n) is 2.94. The molecule has 6 heteroatoms. The van der Waals surface area contributed by atoms with Crippen molar-refractivity contribution in [3.63, 3.8) is 0 Å². The van der Waals surface area contributed by atoms with Gasteiger partial charge in [-0.2, -0.15) is 4.98 Å². The Bertz CT molecular complexity index is 407. The summed E-state index contributed by atoms with van der Waals surface area (Å²) in [6.45, 7) is 1.90. The van der Waals surface area contributed by atoms with Gasteiger partial charge in [-0.15, -0.1) is 0 Å². The zero-order valence-electron chi connectivity index (χ0n) is 9.03. The number of carbonyl (C=O) groups excluding carboxylic acids is 1. The molecule has 1 aromatic rings. The maximum Gasteiger partial charge on any atom is 0.225 e. The summed E-state index contributed by atoms with van der Waals surface area (Å²) < 4.78 is 5.03. The number of methoxy groups -OCH3 is 1. The first-order valence-electron chi connectivity index (χ1n) is 4.61. The highest BCUT2D eigenvalue weighted by Gasteiger charge is 2.02. The van der Waals surface area contributed by atoms with Crippen molar-refractivity contribution in [3.8, 4) is 5.88 Å². The molecule has 1 heterocycles. The Morgan fingerprint density at radius 2 is 2.44 bits per heavy atom. The molecule has 0 aliphatic carbocycles. The van der Waals surface area contributed by atoms with Gasteiger partial charge in [0.25, 0.3) is 0 Å². The topological polar surface area (TPSA) is 64.1 Å². The average Bonchev–Trinajstić information content (AvgIpc) is 2.25. The second-order valence-corrected chi connectivity index (χ2v) is 3.28. The molecule has 86 valence electrons. The monoisotopic (exact) mass is 241 g/mol. The molecule has 0 fully saturated rings. The fourth-order valence-electron chi connectivity index (χ4n) is 1.02. The van der Waals surface area contributed by atoms with Crippen LogP contribution >= 0.6 is 11.6 Å². The van der Waals surface area contributed by atoms with Gasteiger partial charge in [0.2, 0.25) is 17.1 Å². The van der Waals surface area contributed by atoms with Crippen molar-refractivity contribution in [2.75, 3.05) is 13.7 Å². The lowest BCUT2D eigenvalue weighted by atomic mass is 10.3. The highest BCUT2D eigenvalue weighted by Crippen LogP contribution is 2.17. The number of amides is 1. The largest absolute Gasteiger partial charge is 0.480 e. The van der Waals surface area contributed by atoms with Crippen LogP contribution in [-0.4, -0.2) is 29.5 Å². The van der Waals surface area contributed by atoms with Gasteiger partial charge in [0.15, 0.2) is 0 Å². The summed E-state index contributed by atoms with van der Waals surface area (Å²) in [5.41, 5.74) is 0.706. The van der Waals surface area contributed by atoms with Gasteiger partial charge in [-0.3, -0.25) is 4.79 Å².